The molecule has 31 heavy (non-hydrogen) atoms. The van der Waals surface area contributed by atoms with E-state index in [1.165, 1.54) is 22.5 Å². The SMILES string of the molecule is CC1CN(CCCNc2ccc(S(=O)(=O)N3CCN(C)CC3)cc2[N+](=O)[O-])CC(C)O1. The molecule has 0 bridgehead atoms. The molecule has 0 saturated carbocycles. The lowest BCUT2D eigenvalue weighted by molar-refractivity contribution is -0.384. The lowest BCUT2D eigenvalue weighted by Crippen LogP contribution is -2.47. The van der Waals surface area contributed by atoms with Crippen LogP contribution in [0, 0.1) is 10.1 Å². The van der Waals surface area contributed by atoms with Gasteiger partial charge in [-0.05, 0) is 39.4 Å². The Labute approximate surface area is 184 Å². The molecule has 0 amide bonds. The number of anilines is 1. The molecule has 2 unspecified atom stereocenters. The third-order valence-electron chi connectivity index (χ3n) is 5.73. The van der Waals surface area contributed by atoms with Crippen molar-refractivity contribution in [2.24, 2.45) is 0 Å². The van der Waals surface area contributed by atoms with Gasteiger partial charge < -0.3 is 15.0 Å². The second-order valence-corrected chi connectivity index (χ2v) is 10.4. The maximum atomic E-state index is 12.9. The molecule has 10 nitrogen and oxygen atoms in total. The van der Waals surface area contributed by atoms with E-state index in [2.05, 4.69) is 29.0 Å². The molecule has 1 aromatic carbocycles. The Morgan fingerprint density at radius 3 is 2.42 bits per heavy atom. The zero-order chi connectivity index (χ0) is 22.6. The lowest BCUT2D eigenvalue weighted by atomic mass is 10.2. The average Bonchev–Trinajstić information content (AvgIpc) is 2.70. The number of benzene rings is 1. The number of nitrogens with zero attached hydrogens (tertiary/aromatic N) is 4. The smallest absolute Gasteiger partial charge is 0.293 e. The molecule has 0 aromatic heterocycles. The van der Waals surface area contributed by atoms with E-state index in [4.69, 9.17) is 4.74 Å². The second kappa shape index (κ2) is 10.2. The van der Waals surface area contributed by atoms with E-state index in [1.54, 1.807) is 0 Å². The summed E-state index contributed by atoms with van der Waals surface area (Å²) in [5.41, 5.74) is 0.120. The molecule has 2 atom stereocenters. The van der Waals surface area contributed by atoms with E-state index in [9.17, 15) is 18.5 Å². The van der Waals surface area contributed by atoms with Crippen molar-refractivity contribution in [1.82, 2.24) is 14.1 Å². The highest BCUT2D eigenvalue weighted by atomic mass is 32.2. The quantitative estimate of drug-likeness (QED) is 0.356. The van der Waals surface area contributed by atoms with Crippen LogP contribution in [-0.4, -0.2) is 99.1 Å². The fraction of sp³-hybridized carbons (Fsp3) is 0.700. The van der Waals surface area contributed by atoms with Gasteiger partial charge in [0.15, 0.2) is 0 Å². The fourth-order valence-corrected chi connectivity index (χ4v) is 5.59. The highest BCUT2D eigenvalue weighted by Gasteiger charge is 2.29. The van der Waals surface area contributed by atoms with Crippen LogP contribution in [0.15, 0.2) is 23.1 Å². The molecule has 0 radical (unpaired) electrons. The molecule has 174 valence electrons. The van der Waals surface area contributed by atoms with E-state index < -0.39 is 14.9 Å². The van der Waals surface area contributed by atoms with Gasteiger partial charge in [-0.3, -0.25) is 15.0 Å². The number of ether oxygens (including phenoxy) is 1. The molecular weight excluding hydrogens is 422 g/mol. The van der Waals surface area contributed by atoms with Crippen molar-refractivity contribution >= 4 is 21.4 Å². The Hall–Kier alpha value is -1.79. The highest BCUT2D eigenvalue weighted by molar-refractivity contribution is 7.89. The summed E-state index contributed by atoms with van der Waals surface area (Å²) >= 11 is 0. The van der Waals surface area contributed by atoms with Gasteiger partial charge in [0.2, 0.25) is 10.0 Å². The number of piperazine rings is 1. The molecule has 2 heterocycles. The van der Waals surface area contributed by atoms with Gasteiger partial charge in [-0.15, -0.1) is 0 Å². The zero-order valence-electron chi connectivity index (χ0n) is 18.5. The van der Waals surface area contributed by atoms with E-state index >= 15 is 0 Å². The fourth-order valence-electron chi connectivity index (χ4n) is 4.14. The van der Waals surface area contributed by atoms with Crippen LogP contribution in [0.3, 0.4) is 0 Å². The number of nitro benzene ring substituents is 1. The number of hydrogen-bond acceptors (Lipinski definition) is 8. The van der Waals surface area contributed by atoms with Gasteiger partial charge >= 0.3 is 0 Å². The van der Waals surface area contributed by atoms with Crippen LogP contribution in [0.5, 0.6) is 0 Å². The van der Waals surface area contributed by atoms with Gasteiger partial charge in [-0.1, -0.05) is 0 Å². The number of nitrogens with one attached hydrogen (secondary N) is 1. The summed E-state index contributed by atoms with van der Waals surface area (Å²) < 4.78 is 33.0. The van der Waals surface area contributed by atoms with Crippen LogP contribution in [0.4, 0.5) is 11.4 Å². The maximum Gasteiger partial charge on any atom is 0.293 e. The minimum absolute atomic E-state index is 0.0365. The summed E-state index contributed by atoms with van der Waals surface area (Å²) in [5, 5.41) is 14.7. The topological polar surface area (TPSA) is 108 Å². The molecule has 2 saturated heterocycles. The molecule has 2 aliphatic heterocycles. The van der Waals surface area contributed by atoms with Crippen LogP contribution < -0.4 is 5.32 Å². The largest absolute Gasteiger partial charge is 0.379 e. The van der Waals surface area contributed by atoms with Crippen molar-refractivity contribution in [3.05, 3.63) is 28.3 Å². The Kier molecular flexibility index (Phi) is 7.87. The van der Waals surface area contributed by atoms with Gasteiger partial charge in [-0.2, -0.15) is 4.31 Å². The molecule has 2 fully saturated rings. The molecular formula is C20H33N5O5S. The minimum Gasteiger partial charge on any atom is -0.379 e. The Morgan fingerprint density at radius 1 is 1.16 bits per heavy atom. The van der Waals surface area contributed by atoms with E-state index in [-0.39, 0.29) is 22.8 Å². The average molecular weight is 456 g/mol. The van der Waals surface area contributed by atoms with Gasteiger partial charge in [-0.25, -0.2) is 8.42 Å². The van der Waals surface area contributed by atoms with Gasteiger partial charge in [0.05, 0.1) is 22.0 Å². The number of nitro groups is 1. The van der Waals surface area contributed by atoms with Gasteiger partial charge in [0.25, 0.3) is 5.69 Å². The first-order valence-electron chi connectivity index (χ1n) is 10.8. The minimum atomic E-state index is -3.75. The van der Waals surface area contributed by atoms with Crippen LogP contribution in [-0.2, 0) is 14.8 Å². The summed E-state index contributed by atoms with van der Waals surface area (Å²) in [7, 11) is -1.81. The maximum absolute atomic E-state index is 12.9. The van der Waals surface area contributed by atoms with Crippen LogP contribution in [0.2, 0.25) is 0 Å². The molecule has 3 rings (SSSR count). The van der Waals surface area contributed by atoms with Crippen LogP contribution in [0.25, 0.3) is 0 Å². The molecule has 11 heteroatoms. The Balaban J connectivity index is 1.62. The zero-order valence-corrected chi connectivity index (χ0v) is 19.3. The first kappa shape index (κ1) is 23.9. The molecule has 1 aromatic rings. The monoisotopic (exact) mass is 455 g/mol. The summed E-state index contributed by atoms with van der Waals surface area (Å²) in [6, 6.07) is 4.12. The summed E-state index contributed by atoms with van der Waals surface area (Å²) in [5.74, 6) is 0. The first-order valence-corrected chi connectivity index (χ1v) is 12.2. The number of rotatable bonds is 8. The summed E-state index contributed by atoms with van der Waals surface area (Å²) in [4.78, 5) is 15.4. The molecule has 1 N–H and O–H groups in total. The highest BCUT2D eigenvalue weighted by Crippen LogP contribution is 2.29. The first-order chi connectivity index (χ1) is 14.7. The standard InChI is InChI=1S/C20H33N5O5S/c1-16-14-23(15-17(2)30-16)8-4-7-21-19-6-5-18(13-20(19)25(26)27)31(28,29)24-11-9-22(3)10-12-24/h5-6,13,16-17,21H,4,7-12,14-15H2,1-3H3. The molecule has 0 spiro atoms. The third kappa shape index (κ3) is 6.13. The number of hydrogen-bond donors (Lipinski definition) is 1. The lowest BCUT2D eigenvalue weighted by Gasteiger charge is -2.35. The molecule has 2 aliphatic rings. The Morgan fingerprint density at radius 2 is 1.81 bits per heavy atom. The number of morpholine rings is 1. The summed E-state index contributed by atoms with van der Waals surface area (Å²) in [6.45, 7) is 9.34. The summed E-state index contributed by atoms with van der Waals surface area (Å²) in [6.07, 6.45) is 1.22. The van der Waals surface area contributed by atoms with Crippen LogP contribution in [0.1, 0.15) is 20.3 Å². The molecule has 0 aliphatic carbocycles. The van der Waals surface area contributed by atoms with Gasteiger partial charge in [0.1, 0.15) is 5.69 Å². The van der Waals surface area contributed by atoms with E-state index in [1.807, 2.05) is 7.05 Å². The van der Waals surface area contributed by atoms with Gasteiger partial charge in [0, 0.05) is 58.4 Å². The van der Waals surface area contributed by atoms with Crippen molar-refractivity contribution in [2.75, 3.05) is 64.7 Å². The van der Waals surface area contributed by atoms with Crippen molar-refractivity contribution < 1.29 is 18.1 Å². The van der Waals surface area contributed by atoms with Crippen molar-refractivity contribution in [3.8, 4) is 0 Å². The third-order valence-corrected chi connectivity index (χ3v) is 7.62. The van der Waals surface area contributed by atoms with Crippen molar-refractivity contribution in [1.29, 1.82) is 0 Å². The van der Waals surface area contributed by atoms with Crippen molar-refractivity contribution in [2.45, 2.75) is 37.4 Å². The van der Waals surface area contributed by atoms with Crippen molar-refractivity contribution in [3.63, 3.8) is 0 Å². The number of sulfonamides is 1. The predicted molar refractivity (Wildman–Crippen MR) is 119 cm³/mol. The second-order valence-electron chi connectivity index (χ2n) is 8.44. The van der Waals surface area contributed by atoms with E-state index in [0.717, 1.165) is 26.1 Å². The Bertz CT molecular complexity index is 863. The van der Waals surface area contributed by atoms with Crippen LogP contribution >= 0.6 is 0 Å². The van der Waals surface area contributed by atoms with E-state index in [0.29, 0.717) is 38.4 Å². The number of likely N-dealkylation sites (N-methyl/N-ethyl adjacent to an activating group) is 1. The normalized spacial score (nSPS) is 24.2. The predicted octanol–water partition coefficient (Wildman–Crippen LogP) is 1.44.